The Kier molecular flexibility index (Phi) is 20.4. The molecule has 0 aromatic rings. The zero-order valence-electron chi connectivity index (χ0n) is 16.8. The minimum absolute atomic E-state index is 0. The molecule has 0 aliphatic heterocycles. The third kappa shape index (κ3) is 16.4. The fourth-order valence-corrected chi connectivity index (χ4v) is 1.95. The molecule has 23 heavy (non-hydrogen) atoms. The van der Waals surface area contributed by atoms with Crippen molar-refractivity contribution in [3.8, 4) is 0 Å². The first-order chi connectivity index (χ1) is 9.59. The van der Waals surface area contributed by atoms with Crippen LogP contribution in [0, 0.1) is 0 Å². The van der Waals surface area contributed by atoms with E-state index in [-0.39, 0.29) is 23.2 Å². The summed E-state index contributed by atoms with van der Waals surface area (Å²) in [5, 5.41) is 18.7. The first-order valence-corrected chi connectivity index (χ1v) is 8.61. The van der Waals surface area contributed by atoms with E-state index in [0.29, 0.717) is 0 Å². The summed E-state index contributed by atoms with van der Waals surface area (Å²) in [6.07, 6.45) is 1.48. The predicted octanol–water partition coefficient (Wildman–Crippen LogP) is 1.74. The summed E-state index contributed by atoms with van der Waals surface area (Å²) in [5.74, 6) is 0. The number of hydrogen-bond acceptors (Lipinski definition) is 4. The van der Waals surface area contributed by atoms with Gasteiger partial charge in [-0.3, -0.25) is 0 Å². The Morgan fingerprint density at radius 1 is 0.652 bits per heavy atom. The lowest BCUT2D eigenvalue weighted by molar-refractivity contribution is -0.909. The Morgan fingerprint density at radius 3 is 1.26 bits per heavy atom. The van der Waals surface area contributed by atoms with Gasteiger partial charge < -0.3 is 30.1 Å². The van der Waals surface area contributed by atoms with Gasteiger partial charge in [0.15, 0.2) is 0 Å². The summed E-state index contributed by atoms with van der Waals surface area (Å²) < 4.78 is 1.89. The minimum atomic E-state index is -0.130. The highest BCUT2D eigenvalue weighted by Gasteiger charge is 2.20. The van der Waals surface area contributed by atoms with Gasteiger partial charge >= 0.3 is 0 Å². The molecule has 0 rings (SSSR count). The Labute approximate surface area is 144 Å². The second-order valence-corrected chi connectivity index (χ2v) is 6.99. The third-order valence-electron chi connectivity index (χ3n) is 4.68. The maximum atomic E-state index is 9.44. The molecule has 2 unspecified atom stereocenters. The standard InChI is InChI=1S/C9H22NO.C8H20NO.2H2O/c1-5-9(11)8-10(4,6-2)7-3;1-5-8(10)7-9(3,4)6-2;;/h9,11H,5-8H2,1-4H3;8,10H,5-7H2,1-4H3;2*1H2/q2*+1;;/p-2. The Balaban J connectivity index is -0.000000145. The van der Waals surface area contributed by atoms with Crippen LogP contribution in [0.4, 0.5) is 0 Å². The van der Waals surface area contributed by atoms with Crippen LogP contribution in [0.5, 0.6) is 0 Å². The predicted molar refractivity (Wildman–Crippen MR) is 96.1 cm³/mol. The van der Waals surface area contributed by atoms with Crippen molar-refractivity contribution >= 4 is 0 Å². The van der Waals surface area contributed by atoms with Gasteiger partial charge in [0.25, 0.3) is 0 Å². The van der Waals surface area contributed by atoms with Crippen LogP contribution in [0.1, 0.15) is 47.5 Å². The lowest BCUT2D eigenvalue weighted by Crippen LogP contribution is -2.48. The van der Waals surface area contributed by atoms with Gasteiger partial charge in [0.05, 0.1) is 40.8 Å². The fourth-order valence-electron chi connectivity index (χ4n) is 1.95. The Bertz CT molecular complexity index is 247. The highest BCUT2D eigenvalue weighted by Crippen LogP contribution is 2.04. The van der Waals surface area contributed by atoms with Crippen molar-refractivity contribution in [2.75, 3.05) is 53.9 Å². The topological polar surface area (TPSA) is 100 Å². The van der Waals surface area contributed by atoms with Gasteiger partial charge in [0.1, 0.15) is 25.3 Å². The van der Waals surface area contributed by atoms with Crippen molar-refractivity contribution in [2.45, 2.75) is 59.7 Å². The molecule has 0 saturated heterocycles. The van der Waals surface area contributed by atoms with Crippen molar-refractivity contribution in [2.24, 2.45) is 0 Å². The number of likely N-dealkylation sites (N-methyl/N-ethyl adjacent to an activating group) is 2. The maximum absolute atomic E-state index is 9.44. The van der Waals surface area contributed by atoms with Crippen LogP contribution < -0.4 is 0 Å². The molecule has 4 N–H and O–H groups in total. The number of aliphatic hydroxyl groups is 2. The molecular weight excluding hydrogens is 296 g/mol. The largest absolute Gasteiger partial charge is 0.870 e. The van der Waals surface area contributed by atoms with Gasteiger partial charge in [-0.1, -0.05) is 13.8 Å². The second kappa shape index (κ2) is 15.3. The number of hydrogen-bond donors (Lipinski definition) is 2. The van der Waals surface area contributed by atoms with Crippen molar-refractivity contribution in [1.29, 1.82) is 0 Å². The van der Waals surface area contributed by atoms with Crippen molar-refractivity contribution in [3.63, 3.8) is 0 Å². The summed E-state index contributed by atoms with van der Waals surface area (Å²) in [7, 11) is 6.47. The van der Waals surface area contributed by atoms with Crippen molar-refractivity contribution < 1.29 is 30.1 Å². The van der Waals surface area contributed by atoms with E-state index in [2.05, 4.69) is 41.9 Å². The SMILES string of the molecule is CCC(O)C[N+](C)(C)CC.CCC(O)C[N+](C)(CC)CC.[OH-].[OH-]. The summed E-state index contributed by atoms with van der Waals surface area (Å²) in [5.41, 5.74) is 0. The monoisotopic (exact) mass is 340 g/mol. The van der Waals surface area contributed by atoms with Gasteiger partial charge in [0, 0.05) is 0 Å². The average molecular weight is 341 g/mol. The van der Waals surface area contributed by atoms with Crippen LogP contribution in [0.15, 0.2) is 0 Å². The maximum Gasteiger partial charge on any atom is 0.105 e. The van der Waals surface area contributed by atoms with E-state index < -0.39 is 0 Å². The molecule has 0 aromatic carbocycles. The van der Waals surface area contributed by atoms with Crippen LogP contribution in [-0.4, -0.2) is 96.2 Å². The zero-order valence-corrected chi connectivity index (χ0v) is 16.8. The van der Waals surface area contributed by atoms with Gasteiger partial charge in [-0.25, -0.2) is 0 Å². The minimum Gasteiger partial charge on any atom is -0.870 e. The highest BCUT2D eigenvalue weighted by molar-refractivity contribution is 4.50. The van der Waals surface area contributed by atoms with E-state index in [1.165, 1.54) is 0 Å². The van der Waals surface area contributed by atoms with Crippen LogP contribution in [-0.2, 0) is 0 Å². The summed E-state index contributed by atoms with van der Waals surface area (Å²) in [6.45, 7) is 15.6. The smallest absolute Gasteiger partial charge is 0.105 e. The molecule has 0 aromatic heterocycles. The molecule has 2 atom stereocenters. The van der Waals surface area contributed by atoms with Gasteiger partial charge in [-0.15, -0.1) is 0 Å². The lowest BCUT2D eigenvalue weighted by Gasteiger charge is -2.33. The Hall–Kier alpha value is -0.240. The quantitative estimate of drug-likeness (QED) is 0.624. The van der Waals surface area contributed by atoms with Crippen LogP contribution in [0.25, 0.3) is 0 Å². The first kappa shape index (κ1) is 30.6. The van der Waals surface area contributed by atoms with Gasteiger partial charge in [-0.2, -0.15) is 0 Å². The number of nitrogens with zero attached hydrogens (tertiary/aromatic N) is 2. The molecule has 0 radical (unpaired) electrons. The van der Waals surface area contributed by atoms with E-state index in [1.54, 1.807) is 0 Å². The molecule has 0 amide bonds. The molecule has 0 saturated carbocycles. The molecule has 0 fully saturated rings. The van der Waals surface area contributed by atoms with Crippen LogP contribution >= 0.6 is 0 Å². The van der Waals surface area contributed by atoms with Crippen molar-refractivity contribution in [3.05, 3.63) is 0 Å². The van der Waals surface area contributed by atoms with Gasteiger partial charge in [-0.05, 0) is 33.6 Å². The molecule has 6 nitrogen and oxygen atoms in total. The van der Waals surface area contributed by atoms with E-state index in [9.17, 15) is 10.2 Å². The molecule has 0 spiro atoms. The van der Waals surface area contributed by atoms with E-state index in [1.807, 2.05) is 13.8 Å². The lowest BCUT2D eigenvalue weighted by atomic mass is 10.2. The van der Waals surface area contributed by atoms with Crippen molar-refractivity contribution in [1.82, 2.24) is 0 Å². The summed E-state index contributed by atoms with van der Waals surface area (Å²) >= 11 is 0. The number of quaternary nitrogens is 2. The Morgan fingerprint density at radius 2 is 1.00 bits per heavy atom. The van der Waals surface area contributed by atoms with Crippen LogP contribution in [0.2, 0.25) is 0 Å². The number of rotatable bonds is 9. The molecular formula is C17H44N2O4. The summed E-state index contributed by atoms with van der Waals surface area (Å²) in [4.78, 5) is 0. The molecule has 146 valence electrons. The van der Waals surface area contributed by atoms with E-state index in [0.717, 1.165) is 54.5 Å². The van der Waals surface area contributed by atoms with E-state index in [4.69, 9.17) is 0 Å². The average Bonchev–Trinajstić information content (AvgIpc) is 2.47. The fraction of sp³-hybridized carbons (Fsp3) is 1.00. The highest BCUT2D eigenvalue weighted by atomic mass is 16.3. The number of aliphatic hydroxyl groups excluding tert-OH is 2. The normalized spacial score (nSPS) is 13.8. The molecule has 0 aliphatic carbocycles. The van der Waals surface area contributed by atoms with E-state index >= 15 is 0 Å². The molecule has 0 heterocycles. The third-order valence-corrected chi connectivity index (χ3v) is 4.68. The second-order valence-electron chi connectivity index (χ2n) is 6.99. The molecule has 6 heteroatoms. The van der Waals surface area contributed by atoms with Gasteiger partial charge in [0.2, 0.25) is 0 Å². The molecule has 0 aliphatic rings. The zero-order chi connectivity index (χ0) is 17.1. The van der Waals surface area contributed by atoms with Crippen LogP contribution in [0.3, 0.4) is 0 Å². The first-order valence-electron chi connectivity index (χ1n) is 8.61. The summed E-state index contributed by atoms with van der Waals surface area (Å²) in [6, 6.07) is 0. The molecule has 0 bridgehead atoms.